The SMILES string of the molecule is CCCCCC(O)C(O)C(C)N. The van der Waals surface area contributed by atoms with E-state index in [4.69, 9.17) is 5.73 Å². The molecular formula is C9H21NO2. The smallest absolute Gasteiger partial charge is 0.0946 e. The molecule has 0 radical (unpaired) electrons. The van der Waals surface area contributed by atoms with Crippen molar-refractivity contribution < 1.29 is 10.2 Å². The Morgan fingerprint density at radius 2 is 1.83 bits per heavy atom. The molecule has 4 N–H and O–H groups in total. The molecule has 3 heteroatoms. The lowest BCUT2D eigenvalue weighted by atomic mass is 10.0. The first-order chi connectivity index (χ1) is 5.59. The van der Waals surface area contributed by atoms with Crippen LogP contribution in [0.15, 0.2) is 0 Å². The molecule has 0 aliphatic carbocycles. The molecule has 0 aliphatic heterocycles. The molecule has 0 aromatic heterocycles. The molecule has 0 aromatic carbocycles. The van der Waals surface area contributed by atoms with Crippen molar-refractivity contribution in [2.24, 2.45) is 5.73 Å². The Kier molecular flexibility index (Phi) is 6.34. The summed E-state index contributed by atoms with van der Waals surface area (Å²) in [5.41, 5.74) is 5.43. The van der Waals surface area contributed by atoms with E-state index in [0.29, 0.717) is 6.42 Å². The van der Waals surface area contributed by atoms with Crippen molar-refractivity contribution in [3.63, 3.8) is 0 Å². The van der Waals surface area contributed by atoms with Crippen molar-refractivity contribution in [3.05, 3.63) is 0 Å². The molecule has 12 heavy (non-hydrogen) atoms. The van der Waals surface area contributed by atoms with Crippen LogP contribution in [0.4, 0.5) is 0 Å². The predicted molar refractivity (Wildman–Crippen MR) is 49.8 cm³/mol. The third-order valence-corrected chi connectivity index (χ3v) is 2.04. The molecule has 0 saturated heterocycles. The highest BCUT2D eigenvalue weighted by atomic mass is 16.3. The average molecular weight is 175 g/mol. The van der Waals surface area contributed by atoms with Crippen LogP contribution < -0.4 is 5.73 Å². The van der Waals surface area contributed by atoms with Gasteiger partial charge in [-0.25, -0.2) is 0 Å². The summed E-state index contributed by atoms with van der Waals surface area (Å²) in [4.78, 5) is 0. The van der Waals surface area contributed by atoms with Crippen molar-refractivity contribution in [1.82, 2.24) is 0 Å². The van der Waals surface area contributed by atoms with Gasteiger partial charge >= 0.3 is 0 Å². The van der Waals surface area contributed by atoms with Gasteiger partial charge in [0.15, 0.2) is 0 Å². The number of hydrogen-bond acceptors (Lipinski definition) is 3. The highest BCUT2D eigenvalue weighted by Gasteiger charge is 2.18. The summed E-state index contributed by atoms with van der Waals surface area (Å²) in [7, 11) is 0. The summed E-state index contributed by atoms with van der Waals surface area (Å²) in [6.07, 6.45) is 2.40. The molecule has 0 heterocycles. The second-order valence-corrected chi connectivity index (χ2v) is 3.41. The van der Waals surface area contributed by atoms with Gasteiger partial charge in [0.1, 0.15) is 0 Å². The molecule has 0 rings (SSSR count). The van der Waals surface area contributed by atoms with Crippen LogP contribution in [0.1, 0.15) is 39.5 Å². The number of aliphatic hydroxyl groups is 2. The Hall–Kier alpha value is -0.120. The quantitative estimate of drug-likeness (QED) is 0.519. The van der Waals surface area contributed by atoms with Crippen molar-refractivity contribution in [2.45, 2.75) is 57.8 Å². The molecule has 0 aromatic rings. The topological polar surface area (TPSA) is 66.5 Å². The summed E-state index contributed by atoms with van der Waals surface area (Å²) in [6, 6.07) is -0.346. The largest absolute Gasteiger partial charge is 0.390 e. The van der Waals surface area contributed by atoms with Gasteiger partial charge in [-0.3, -0.25) is 0 Å². The number of hydrogen-bond donors (Lipinski definition) is 3. The zero-order chi connectivity index (χ0) is 9.56. The second kappa shape index (κ2) is 6.40. The van der Waals surface area contributed by atoms with Crippen LogP contribution in [0.5, 0.6) is 0 Å². The molecule has 0 bridgehead atoms. The van der Waals surface area contributed by atoms with Crippen molar-refractivity contribution in [3.8, 4) is 0 Å². The Morgan fingerprint density at radius 3 is 2.25 bits per heavy atom. The normalized spacial score (nSPS) is 18.8. The van der Waals surface area contributed by atoms with Crippen LogP contribution in [-0.2, 0) is 0 Å². The molecule has 0 saturated carbocycles. The van der Waals surface area contributed by atoms with E-state index in [1.165, 1.54) is 0 Å². The van der Waals surface area contributed by atoms with Gasteiger partial charge in [0.2, 0.25) is 0 Å². The lowest BCUT2D eigenvalue weighted by molar-refractivity contribution is 0.00180. The van der Waals surface area contributed by atoms with Crippen LogP contribution in [0, 0.1) is 0 Å². The fourth-order valence-corrected chi connectivity index (χ4v) is 1.12. The molecule has 3 unspecified atom stereocenters. The third-order valence-electron chi connectivity index (χ3n) is 2.04. The van der Waals surface area contributed by atoms with Gasteiger partial charge in [-0.1, -0.05) is 26.2 Å². The van der Waals surface area contributed by atoms with Gasteiger partial charge in [0, 0.05) is 6.04 Å². The fourth-order valence-electron chi connectivity index (χ4n) is 1.12. The van der Waals surface area contributed by atoms with Gasteiger partial charge in [-0.15, -0.1) is 0 Å². The summed E-state index contributed by atoms with van der Waals surface area (Å²) in [5, 5.41) is 18.7. The molecular weight excluding hydrogens is 154 g/mol. The van der Waals surface area contributed by atoms with Crippen LogP contribution >= 0.6 is 0 Å². The van der Waals surface area contributed by atoms with Crippen LogP contribution in [0.25, 0.3) is 0 Å². The molecule has 74 valence electrons. The van der Waals surface area contributed by atoms with Crippen molar-refractivity contribution in [1.29, 1.82) is 0 Å². The molecule has 0 spiro atoms. The number of aliphatic hydroxyl groups excluding tert-OH is 2. The average Bonchev–Trinajstić information content (AvgIpc) is 2.03. The summed E-state index contributed by atoms with van der Waals surface area (Å²) < 4.78 is 0. The van der Waals surface area contributed by atoms with E-state index in [9.17, 15) is 10.2 Å². The van der Waals surface area contributed by atoms with Crippen LogP contribution in [0.3, 0.4) is 0 Å². The molecule has 3 nitrogen and oxygen atoms in total. The van der Waals surface area contributed by atoms with E-state index in [-0.39, 0.29) is 6.04 Å². The second-order valence-electron chi connectivity index (χ2n) is 3.41. The molecule has 0 aliphatic rings. The maximum absolute atomic E-state index is 9.38. The molecule has 3 atom stereocenters. The highest BCUT2D eigenvalue weighted by molar-refractivity contribution is 4.74. The third kappa shape index (κ3) is 4.70. The fraction of sp³-hybridized carbons (Fsp3) is 1.00. The maximum Gasteiger partial charge on any atom is 0.0946 e. The van der Waals surface area contributed by atoms with E-state index in [2.05, 4.69) is 6.92 Å². The van der Waals surface area contributed by atoms with Gasteiger partial charge in [0.25, 0.3) is 0 Å². The maximum atomic E-state index is 9.38. The van der Waals surface area contributed by atoms with Crippen LogP contribution in [0.2, 0.25) is 0 Å². The van der Waals surface area contributed by atoms with Crippen LogP contribution in [-0.4, -0.2) is 28.5 Å². The zero-order valence-corrected chi connectivity index (χ0v) is 8.03. The first-order valence-electron chi connectivity index (χ1n) is 4.71. The van der Waals surface area contributed by atoms with Gasteiger partial charge in [-0.05, 0) is 13.3 Å². The monoisotopic (exact) mass is 175 g/mol. The molecule has 0 fully saturated rings. The minimum absolute atomic E-state index is 0.346. The van der Waals surface area contributed by atoms with Crippen molar-refractivity contribution in [2.75, 3.05) is 0 Å². The number of rotatable bonds is 6. The zero-order valence-electron chi connectivity index (χ0n) is 8.03. The highest BCUT2D eigenvalue weighted by Crippen LogP contribution is 2.08. The Labute approximate surface area is 74.6 Å². The lowest BCUT2D eigenvalue weighted by Crippen LogP contribution is -2.40. The number of nitrogens with two attached hydrogens (primary N) is 1. The van der Waals surface area contributed by atoms with E-state index in [1.54, 1.807) is 6.92 Å². The Balaban J connectivity index is 3.49. The Bertz CT molecular complexity index is 107. The van der Waals surface area contributed by atoms with E-state index in [1.807, 2.05) is 0 Å². The molecule has 0 amide bonds. The minimum Gasteiger partial charge on any atom is -0.390 e. The predicted octanol–water partition coefficient (Wildman–Crippen LogP) is 0.636. The lowest BCUT2D eigenvalue weighted by Gasteiger charge is -2.20. The summed E-state index contributed by atoms with van der Waals surface area (Å²) in [6.45, 7) is 3.81. The van der Waals surface area contributed by atoms with E-state index >= 15 is 0 Å². The minimum atomic E-state index is -0.776. The standard InChI is InChI=1S/C9H21NO2/c1-3-4-5-6-8(11)9(12)7(2)10/h7-9,11-12H,3-6,10H2,1-2H3. The first kappa shape index (κ1) is 11.9. The summed E-state index contributed by atoms with van der Waals surface area (Å²) in [5.74, 6) is 0. The van der Waals surface area contributed by atoms with E-state index < -0.39 is 12.2 Å². The van der Waals surface area contributed by atoms with Gasteiger partial charge < -0.3 is 15.9 Å². The number of unbranched alkanes of at least 4 members (excludes halogenated alkanes) is 2. The van der Waals surface area contributed by atoms with Gasteiger partial charge in [0.05, 0.1) is 12.2 Å². The first-order valence-corrected chi connectivity index (χ1v) is 4.71. The Morgan fingerprint density at radius 1 is 1.25 bits per heavy atom. The van der Waals surface area contributed by atoms with E-state index in [0.717, 1.165) is 19.3 Å². The van der Waals surface area contributed by atoms with Gasteiger partial charge in [-0.2, -0.15) is 0 Å². The van der Waals surface area contributed by atoms with Crippen molar-refractivity contribution >= 4 is 0 Å². The summed E-state index contributed by atoms with van der Waals surface area (Å²) >= 11 is 0.